The molecule has 32 heavy (non-hydrogen) atoms. The van der Waals surface area contributed by atoms with Gasteiger partial charge in [0.15, 0.2) is 4.38 Å². The first-order valence-electron chi connectivity index (χ1n) is 10.1. The summed E-state index contributed by atoms with van der Waals surface area (Å²) in [6.07, 6.45) is -0.167. The minimum atomic E-state index is -0.434. The molecule has 0 unspecified atom stereocenters. The Hall–Kier alpha value is -2.74. The maximum absolute atomic E-state index is 12.3. The van der Waals surface area contributed by atoms with Crippen LogP contribution in [0.5, 0.6) is 5.75 Å². The van der Waals surface area contributed by atoms with Crippen molar-refractivity contribution in [1.82, 2.24) is 5.43 Å². The van der Waals surface area contributed by atoms with Crippen LogP contribution in [0.1, 0.15) is 35.3 Å². The minimum Gasteiger partial charge on any atom is -0.507 e. The van der Waals surface area contributed by atoms with Crippen LogP contribution >= 0.6 is 23.5 Å². The van der Waals surface area contributed by atoms with Crippen molar-refractivity contribution in [3.63, 3.8) is 0 Å². The zero-order valence-corrected chi connectivity index (χ0v) is 19.8. The van der Waals surface area contributed by atoms with Gasteiger partial charge in [-0.3, -0.25) is 4.79 Å². The number of phenols is 1. The Morgan fingerprint density at radius 3 is 1.75 bits per heavy atom. The van der Waals surface area contributed by atoms with Gasteiger partial charge < -0.3 is 10.2 Å². The lowest BCUT2D eigenvalue weighted by molar-refractivity contribution is 0.0952. The van der Waals surface area contributed by atoms with Crippen LogP contribution in [0.2, 0.25) is 0 Å². The van der Waals surface area contributed by atoms with Crippen molar-refractivity contribution < 1.29 is 15.0 Å². The maximum Gasteiger partial charge on any atom is 0.275 e. The van der Waals surface area contributed by atoms with Crippen LogP contribution in [0.25, 0.3) is 0 Å². The lowest BCUT2D eigenvalue weighted by Crippen LogP contribution is -2.18. The van der Waals surface area contributed by atoms with Crippen LogP contribution in [-0.2, 0) is 11.5 Å². The molecule has 0 saturated carbocycles. The second kappa shape index (κ2) is 14.3. The Morgan fingerprint density at radius 2 is 1.28 bits per heavy atom. The summed E-state index contributed by atoms with van der Waals surface area (Å²) >= 11 is 3.14. The molecular weight excluding hydrogens is 440 g/mol. The third-order valence-corrected chi connectivity index (χ3v) is 6.15. The Balaban J connectivity index is 0.000000837. The Kier molecular flexibility index (Phi) is 11.4. The normalized spacial score (nSPS) is 10.1. The van der Waals surface area contributed by atoms with Crippen molar-refractivity contribution in [2.45, 2.75) is 31.5 Å². The molecule has 0 aliphatic heterocycles. The van der Waals surface area contributed by atoms with E-state index in [1.165, 1.54) is 17.2 Å². The summed E-state index contributed by atoms with van der Waals surface area (Å²) in [6.45, 7) is 3.44. The SMILES string of the molecule is CC(C)O.O=C(NN=C(SCc1ccccc1)SCc1ccccc1)c1ccccc1O. The summed E-state index contributed by atoms with van der Waals surface area (Å²) in [4.78, 5) is 12.3. The number of rotatable bonds is 6. The fourth-order valence-electron chi connectivity index (χ4n) is 2.37. The van der Waals surface area contributed by atoms with E-state index in [9.17, 15) is 9.90 Å². The molecule has 0 aliphatic carbocycles. The zero-order valence-electron chi connectivity index (χ0n) is 18.1. The standard InChI is InChI=1S/C22H20N2O2S2.C3H8O/c25-20-14-8-7-13-19(20)21(26)23-24-22(27-15-17-9-3-1-4-10-17)28-16-18-11-5-2-6-12-18;1-3(2)4/h1-14,25H,15-16H2,(H,23,26);3-4H,1-2H3. The smallest absolute Gasteiger partial charge is 0.275 e. The van der Waals surface area contributed by atoms with Crippen LogP contribution in [0.3, 0.4) is 0 Å². The van der Waals surface area contributed by atoms with Crippen LogP contribution < -0.4 is 5.43 Å². The maximum atomic E-state index is 12.3. The number of aliphatic hydroxyl groups is 1. The number of thioether (sulfide) groups is 2. The van der Waals surface area contributed by atoms with E-state index in [1.807, 2.05) is 36.4 Å². The number of carbonyl (C=O) groups excluding carboxylic acids is 1. The third kappa shape index (κ3) is 10.0. The Labute approximate surface area is 198 Å². The van der Waals surface area contributed by atoms with E-state index < -0.39 is 5.91 Å². The molecule has 0 spiro atoms. The molecular formula is C25H28N2O3S2. The van der Waals surface area contributed by atoms with Crippen LogP contribution in [0.4, 0.5) is 0 Å². The first-order chi connectivity index (χ1) is 15.5. The van der Waals surface area contributed by atoms with Gasteiger partial charge in [-0.2, -0.15) is 5.10 Å². The second-order valence-corrected chi connectivity index (χ2v) is 9.16. The van der Waals surface area contributed by atoms with Gasteiger partial charge in [0, 0.05) is 17.6 Å². The van der Waals surface area contributed by atoms with E-state index in [0.29, 0.717) is 0 Å². The Morgan fingerprint density at radius 1 is 0.844 bits per heavy atom. The summed E-state index contributed by atoms with van der Waals surface area (Å²) in [5, 5.41) is 22.2. The largest absolute Gasteiger partial charge is 0.507 e. The molecule has 0 bridgehead atoms. The van der Waals surface area contributed by atoms with Gasteiger partial charge in [0.05, 0.1) is 5.56 Å². The second-order valence-electron chi connectivity index (χ2n) is 6.98. The van der Waals surface area contributed by atoms with Crippen molar-refractivity contribution in [3.8, 4) is 5.75 Å². The van der Waals surface area contributed by atoms with Gasteiger partial charge >= 0.3 is 0 Å². The molecule has 0 saturated heterocycles. The number of phenolic OH excluding ortho intramolecular Hbond substituents is 1. The van der Waals surface area contributed by atoms with Crippen molar-refractivity contribution in [2.75, 3.05) is 0 Å². The van der Waals surface area contributed by atoms with Gasteiger partial charge in [0.2, 0.25) is 0 Å². The molecule has 0 aromatic heterocycles. The van der Waals surface area contributed by atoms with Crippen molar-refractivity contribution in [2.24, 2.45) is 5.10 Å². The number of hydrogen-bond acceptors (Lipinski definition) is 6. The summed E-state index contributed by atoms with van der Waals surface area (Å²) in [6, 6.07) is 26.7. The fraction of sp³-hybridized carbons (Fsp3) is 0.200. The van der Waals surface area contributed by atoms with E-state index in [0.717, 1.165) is 15.9 Å². The molecule has 0 heterocycles. The molecule has 168 valence electrons. The molecule has 5 nitrogen and oxygen atoms in total. The topological polar surface area (TPSA) is 81.9 Å². The highest BCUT2D eigenvalue weighted by Crippen LogP contribution is 2.24. The predicted molar refractivity (Wildman–Crippen MR) is 136 cm³/mol. The number of hydrogen-bond donors (Lipinski definition) is 3. The first-order valence-corrected chi connectivity index (χ1v) is 12.1. The summed E-state index contributed by atoms with van der Waals surface area (Å²) < 4.78 is 0.761. The minimum absolute atomic E-state index is 0.0642. The van der Waals surface area contributed by atoms with Crippen molar-refractivity contribution >= 4 is 33.8 Å². The Bertz CT molecular complexity index is 932. The van der Waals surface area contributed by atoms with Gasteiger partial charge in [-0.1, -0.05) is 96.3 Å². The molecule has 1 amide bonds. The summed E-state index contributed by atoms with van der Waals surface area (Å²) in [5.41, 5.74) is 5.14. The molecule has 3 rings (SSSR count). The van der Waals surface area contributed by atoms with E-state index >= 15 is 0 Å². The molecule has 0 fully saturated rings. The van der Waals surface area contributed by atoms with Crippen molar-refractivity contribution in [1.29, 1.82) is 0 Å². The van der Waals surface area contributed by atoms with Gasteiger partial charge in [-0.15, -0.1) is 0 Å². The molecule has 0 aliphatic rings. The number of para-hydroxylation sites is 1. The number of carbonyl (C=O) groups is 1. The quantitative estimate of drug-likeness (QED) is 0.247. The van der Waals surface area contributed by atoms with Gasteiger partial charge in [0.25, 0.3) is 5.91 Å². The van der Waals surface area contributed by atoms with Crippen LogP contribution in [-0.4, -0.2) is 26.6 Å². The molecule has 7 heteroatoms. The number of hydrazone groups is 1. The van der Waals surface area contributed by atoms with Gasteiger partial charge in [0.1, 0.15) is 5.75 Å². The number of aromatic hydroxyl groups is 1. The number of aliphatic hydroxyl groups excluding tert-OH is 1. The predicted octanol–water partition coefficient (Wildman–Crippen LogP) is 5.65. The molecule has 3 aromatic rings. The third-order valence-electron chi connectivity index (χ3n) is 3.81. The van der Waals surface area contributed by atoms with Crippen LogP contribution in [0.15, 0.2) is 90.0 Å². The highest BCUT2D eigenvalue weighted by atomic mass is 32.2. The van der Waals surface area contributed by atoms with Crippen LogP contribution in [0, 0.1) is 0 Å². The average molecular weight is 469 g/mol. The zero-order chi connectivity index (χ0) is 23.2. The van der Waals surface area contributed by atoms with Gasteiger partial charge in [-0.25, -0.2) is 5.43 Å². The highest BCUT2D eigenvalue weighted by Gasteiger charge is 2.11. The first kappa shape index (κ1) is 25.5. The monoisotopic (exact) mass is 468 g/mol. The van der Waals surface area contributed by atoms with Gasteiger partial charge in [-0.05, 0) is 37.1 Å². The van der Waals surface area contributed by atoms with Crippen molar-refractivity contribution in [3.05, 3.63) is 102 Å². The molecule has 3 aromatic carbocycles. The lowest BCUT2D eigenvalue weighted by atomic mass is 10.2. The summed E-state index contributed by atoms with van der Waals surface area (Å²) in [5.74, 6) is 1.02. The number of amides is 1. The van der Waals surface area contributed by atoms with E-state index in [2.05, 4.69) is 34.8 Å². The summed E-state index contributed by atoms with van der Waals surface area (Å²) in [7, 11) is 0. The number of nitrogens with zero attached hydrogens (tertiary/aromatic N) is 1. The van der Waals surface area contributed by atoms with E-state index in [-0.39, 0.29) is 17.4 Å². The van der Waals surface area contributed by atoms with E-state index in [1.54, 1.807) is 55.6 Å². The van der Waals surface area contributed by atoms with E-state index in [4.69, 9.17) is 5.11 Å². The molecule has 0 radical (unpaired) electrons. The number of nitrogens with one attached hydrogen (secondary N) is 1. The number of benzene rings is 3. The molecule has 3 N–H and O–H groups in total. The fourth-order valence-corrected chi connectivity index (χ4v) is 4.24. The highest BCUT2D eigenvalue weighted by molar-refractivity contribution is 8.38. The molecule has 0 atom stereocenters. The lowest BCUT2D eigenvalue weighted by Gasteiger charge is -2.08. The average Bonchev–Trinajstić information content (AvgIpc) is 2.79.